The monoisotopic (exact) mass is 159 g/mol. The predicted octanol–water partition coefficient (Wildman–Crippen LogP) is 1.29. The maximum Gasteiger partial charge on any atom is 0.171 e. The van der Waals surface area contributed by atoms with E-state index in [1.165, 1.54) is 6.33 Å². The molecule has 0 radical (unpaired) electrons. The molecule has 0 spiro atoms. The highest BCUT2D eigenvalue weighted by Crippen LogP contribution is 2.15. The highest BCUT2D eigenvalue weighted by molar-refractivity contribution is 5.71. The fourth-order valence-electron chi connectivity index (χ4n) is 1.00. The molecule has 0 fully saturated rings. The molecule has 0 aromatic carbocycles. The van der Waals surface area contributed by atoms with Gasteiger partial charge in [0.25, 0.3) is 0 Å². The zero-order chi connectivity index (χ0) is 8.39. The van der Waals surface area contributed by atoms with E-state index in [0.717, 1.165) is 5.52 Å². The summed E-state index contributed by atoms with van der Waals surface area (Å²) in [6, 6.07) is 3.75. The van der Waals surface area contributed by atoms with Gasteiger partial charge < -0.3 is 4.42 Å². The number of rotatable bonds is 1. The third-order valence-electron chi connectivity index (χ3n) is 1.50. The van der Waals surface area contributed by atoms with Crippen molar-refractivity contribution >= 4 is 11.1 Å². The molecule has 2 heterocycles. The molecule has 0 saturated carbocycles. The van der Waals surface area contributed by atoms with E-state index in [0.29, 0.717) is 11.3 Å². The molecule has 0 amide bonds. The van der Waals surface area contributed by atoms with Crippen LogP contribution in [0.1, 0.15) is 5.76 Å². The van der Waals surface area contributed by atoms with Gasteiger partial charge in [0.15, 0.2) is 5.58 Å². The van der Waals surface area contributed by atoms with Crippen LogP contribution in [-0.4, -0.2) is 9.97 Å². The van der Waals surface area contributed by atoms with Gasteiger partial charge in [-0.2, -0.15) is 5.26 Å². The molecule has 2 rings (SSSR count). The first kappa shape index (κ1) is 6.80. The van der Waals surface area contributed by atoms with Gasteiger partial charge in [-0.3, -0.25) is 0 Å². The van der Waals surface area contributed by atoms with E-state index in [1.54, 1.807) is 12.3 Å². The smallest absolute Gasteiger partial charge is 0.171 e. The van der Waals surface area contributed by atoms with Gasteiger partial charge in [-0.15, -0.1) is 0 Å². The second-order valence-electron chi connectivity index (χ2n) is 2.32. The van der Waals surface area contributed by atoms with Crippen LogP contribution in [0, 0.1) is 11.3 Å². The molecule has 58 valence electrons. The standard InChI is InChI=1S/C8H5N3O/c9-2-1-6-3-7-8(12-6)4-10-5-11-7/h3-5H,1H2. The first-order valence-corrected chi connectivity index (χ1v) is 3.45. The molecule has 2 aromatic rings. The molecule has 2 aromatic heterocycles. The molecule has 0 saturated heterocycles. The molecular weight excluding hydrogens is 154 g/mol. The Morgan fingerprint density at radius 1 is 1.58 bits per heavy atom. The van der Waals surface area contributed by atoms with Crippen molar-refractivity contribution in [3.05, 3.63) is 24.4 Å². The Morgan fingerprint density at radius 2 is 2.50 bits per heavy atom. The summed E-state index contributed by atoms with van der Waals surface area (Å²) in [4.78, 5) is 7.77. The molecule has 4 heteroatoms. The van der Waals surface area contributed by atoms with E-state index in [9.17, 15) is 0 Å². The van der Waals surface area contributed by atoms with Crippen LogP contribution in [0.15, 0.2) is 23.0 Å². The van der Waals surface area contributed by atoms with Crippen LogP contribution in [0.5, 0.6) is 0 Å². The Bertz CT molecular complexity index is 408. The summed E-state index contributed by atoms with van der Waals surface area (Å²) in [6.07, 6.45) is 3.31. The van der Waals surface area contributed by atoms with E-state index in [1.807, 2.05) is 6.07 Å². The van der Waals surface area contributed by atoms with Crippen LogP contribution < -0.4 is 0 Å². The molecule has 0 N–H and O–H groups in total. The van der Waals surface area contributed by atoms with Gasteiger partial charge in [-0.05, 0) is 0 Å². The lowest BCUT2D eigenvalue weighted by Gasteiger charge is -1.82. The van der Waals surface area contributed by atoms with Crippen molar-refractivity contribution in [2.24, 2.45) is 0 Å². The number of hydrogen-bond acceptors (Lipinski definition) is 4. The molecule has 0 aliphatic carbocycles. The van der Waals surface area contributed by atoms with Crippen molar-refractivity contribution in [1.29, 1.82) is 5.26 Å². The largest absolute Gasteiger partial charge is 0.457 e. The van der Waals surface area contributed by atoms with Crippen LogP contribution >= 0.6 is 0 Å². The van der Waals surface area contributed by atoms with Gasteiger partial charge in [0, 0.05) is 6.07 Å². The topological polar surface area (TPSA) is 62.7 Å². The van der Waals surface area contributed by atoms with E-state index in [2.05, 4.69) is 9.97 Å². The molecular formula is C8H5N3O. The van der Waals surface area contributed by atoms with Crippen LogP contribution in [0.3, 0.4) is 0 Å². The third kappa shape index (κ3) is 1.01. The zero-order valence-electron chi connectivity index (χ0n) is 6.19. The Kier molecular flexibility index (Phi) is 1.49. The molecule has 0 atom stereocenters. The lowest BCUT2D eigenvalue weighted by atomic mass is 10.3. The average Bonchev–Trinajstić information content (AvgIpc) is 2.47. The lowest BCUT2D eigenvalue weighted by Crippen LogP contribution is -1.73. The van der Waals surface area contributed by atoms with Gasteiger partial charge in [-0.25, -0.2) is 9.97 Å². The lowest BCUT2D eigenvalue weighted by molar-refractivity contribution is 0.565. The molecule has 4 nitrogen and oxygen atoms in total. The van der Waals surface area contributed by atoms with Crippen molar-refractivity contribution in [2.45, 2.75) is 6.42 Å². The summed E-state index contributed by atoms with van der Waals surface area (Å²) < 4.78 is 5.26. The normalized spacial score (nSPS) is 9.92. The quantitative estimate of drug-likeness (QED) is 0.628. The minimum Gasteiger partial charge on any atom is -0.457 e. The molecule has 0 aliphatic rings. The maximum atomic E-state index is 8.40. The number of hydrogen-bond donors (Lipinski definition) is 0. The second-order valence-corrected chi connectivity index (χ2v) is 2.32. The van der Waals surface area contributed by atoms with E-state index < -0.39 is 0 Å². The minimum absolute atomic E-state index is 0.274. The minimum atomic E-state index is 0.274. The Morgan fingerprint density at radius 3 is 3.25 bits per heavy atom. The zero-order valence-corrected chi connectivity index (χ0v) is 6.19. The third-order valence-corrected chi connectivity index (χ3v) is 1.50. The summed E-state index contributed by atoms with van der Waals surface area (Å²) in [5, 5.41) is 8.40. The van der Waals surface area contributed by atoms with Crippen LogP contribution in [-0.2, 0) is 6.42 Å². The number of furan rings is 1. The molecule has 0 unspecified atom stereocenters. The van der Waals surface area contributed by atoms with Crippen LogP contribution in [0.4, 0.5) is 0 Å². The van der Waals surface area contributed by atoms with Gasteiger partial charge in [-0.1, -0.05) is 0 Å². The van der Waals surface area contributed by atoms with Gasteiger partial charge in [0.2, 0.25) is 0 Å². The fraction of sp³-hybridized carbons (Fsp3) is 0.125. The van der Waals surface area contributed by atoms with Crippen LogP contribution in [0.25, 0.3) is 11.1 Å². The maximum absolute atomic E-state index is 8.40. The Hall–Kier alpha value is -1.89. The highest BCUT2D eigenvalue weighted by atomic mass is 16.3. The SMILES string of the molecule is N#CCc1cc2ncncc2o1. The highest BCUT2D eigenvalue weighted by Gasteiger charge is 2.02. The number of fused-ring (bicyclic) bond motifs is 1. The van der Waals surface area contributed by atoms with Crippen molar-refractivity contribution < 1.29 is 4.42 Å². The first-order chi connectivity index (χ1) is 5.90. The number of nitriles is 1. The number of nitrogens with zero attached hydrogens (tertiary/aromatic N) is 3. The first-order valence-electron chi connectivity index (χ1n) is 3.45. The van der Waals surface area contributed by atoms with Crippen LogP contribution in [0.2, 0.25) is 0 Å². The van der Waals surface area contributed by atoms with E-state index in [4.69, 9.17) is 9.68 Å². The molecule has 12 heavy (non-hydrogen) atoms. The Labute approximate surface area is 68.5 Å². The average molecular weight is 159 g/mol. The summed E-state index contributed by atoms with van der Waals surface area (Å²) in [6.45, 7) is 0. The number of aromatic nitrogens is 2. The summed E-state index contributed by atoms with van der Waals surface area (Å²) in [5.41, 5.74) is 1.37. The Balaban J connectivity index is 2.56. The summed E-state index contributed by atoms with van der Waals surface area (Å²) in [5.74, 6) is 0.632. The van der Waals surface area contributed by atoms with Crippen molar-refractivity contribution in [3.63, 3.8) is 0 Å². The van der Waals surface area contributed by atoms with Gasteiger partial charge in [0.05, 0.1) is 18.7 Å². The van der Waals surface area contributed by atoms with Crippen molar-refractivity contribution in [2.75, 3.05) is 0 Å². The van der Waals surface area contributed by atoms with Gasteiger partial charge in [0.1, 0.15) is 17.6 Å². The van der Waals surface area contributed by atoms with Crippen molar-refractivity contribution in [3.8, 4) is 6.07 Å². The predicted molar refractivity (Wildman–Crippen MR) is 41.1 cm³/mol. The second kappa shape index (κ2) is 2.62. The van der Waals surface area contributed by atoms with Crippen molar-refractivity contribution in [1.82, 2.24) is 9.97 Å². The van der Waals surface area contributed by atoms with E-state index >= 15 is 0 Å². The van der Waals surface area contributed by atoms with Gasteiger partial charge >= 0.3 is 0 Å². The molecule has 0 aliphatic heterocycles. The summed E-state index contributed by atoms with van der Waals surface area (Å²) >= 11 is 0. The molecule has 0 bridgehead atoms. The fourth-order valence-corrected chi connectivity index (χ4v) is 1.00. The summed E-state index contributed by atoms with van der Waals surface area (Å²) in [7, 11) is 0. The van der Waals surface area contributed by atoms with E-state index in [-0.39, 0.29) is 6.42 Å².